The second-order valence-corrected chi connectivity index (χ2v) is 6.73. The highest BCUT2D eigenvalue weighted by Gasteiger charge is 2.11. The van der Waals surface area contributed by atoms with Crippen molar-refractivity contribution < 1.29 is 19.7 Å². The van der Waals surface area contributed by atoms with Gasteiger partial charge >= 0.3 is 5.97 Å². The number of hydrogen-bond acceptors (Lipinski definition) is 4. The van der Waals surface area contributed by atoms with Gasteiger partial charge in [0.2, 0.25) is 0 Å². The maximum atomic E-state index is 10.2. The molecule has 25 heavy (non-hydrogen) atoms. The van der Waals surface area contributed by atoms with E-state index in [9.17, 15) is 9.90 Å². The summed E-state index contributed by atoms with van der Waals surface area (Å²) in [5, 5.41) is 18.1. The Labute approximate surface area is 151 Å². The van der Waals surface area contributed by atoms with E-state index in [-0.39, 0.29) is 11.6 Å². The first-order chi connectivity index (χ1) is 11.4. The van der Waals surface area contributed by atoms with Gasteiger partial charge in [-0.25, -0.2) is 0 Å². The topological polar surface area (TPSA) is 66.8 Å². The zero-order valence-corrected chi connectivity index (χ0v) is 16.3. The predicted molar refractivity (Wildman–Crippen MR) is 102 cm³/mol. The summed E-state index contributed by atoms with van der Waals surface area (Å²) in [6.07, 6.45) is 0. The highest BCUT2D eigenvalue weighted by Crippen LogP contribution is 2.19. The van der Waals surface area contributed by atoms with E-state index in [2.05, 4.69) is 0 Å². The summed E-state index contributed by atoms with van der Waals surface area (Å²) in [7, 11) is 0. The van der Waals surface area contributed by atoms with E-state index in [1.54, 1.807) is 6.07 Å². The first kappa shape index (κ1) is 22.5. The summed E-state index contributed by atoms with van der Waals surface area (Å²) >= 11 is 0. The van der Waals surface area contributed by atoms with Crippen LogP contribution in [0.1, 0.15) is 44.4 Å². The minimum atomic E-state index is -0.328. The molecular weight excluding hydrogens is 316 g/mol. The van der Waals surface area contributed by atoms with Gasteiger partial charge < -0.3 is 14.9 Å². The van der Waals surface area contributed by atoms with Crippen LogP contribution in [0.4, 0.5) is 0 Å². The molecule has 0 saturated carbocycles. The molecule has 2 aromatic carbocycles. The number of benzene rings is 2. The quantitative estimate of drug-likeness (QED) is 0.655. The van der Waals surface area contributed by atoms with Gasteiger partial charge in [-0.1, -0.05) is 36.4 Å². The number of rotatable bonds is 0. The molecular formula is C21H30O4. The maximum absolute atomic E-state index is 10.2. The van der Waals surface area contributed by atoms with Crippen LogP contribution in [0.5, 0.6) is 11.5 Å². The lowest BCUT2D eigenvalue weighted by molar-refractivity contribution is -0.151. The van der Waals surface area contributed by atoms with E-state index in [1.807, 2.05) is 77.9 Å². The number of ether oxygens (including phenoxy) is 1. The number of aromatic hydroxyl groups is 2. The molecule has 0 fully saturated rings. The molecule has 0 aliphatic heterocycles. The Morgan fingerprint density at radius 3 is 1.52 bits per heavy atom. The summed E-state index contributed by atoms with van der Waals surface area (Å²) in [4.78, 5) is 10.2. The van der Waals surface area contributed by atoms with Crippen molar-refractivity contribution >= 4 is 5.97 Å². The molecule has 4 nitrogen and oxygen atoms in total. The molecule has 0 heterocycles. The standard InChI is InChI=1S/C8H10O.C7H8O.C6H12O2/c1-6-4-3-5-7(2)8(6)9;1-6-4-2-3-5-7(6)8;1-5(7)8-6(2,3)4/h3-5,9H,1-2H3;2-5,8H,1H3;1-4H3. The number of aryl methyl sites for hydroxylation is 3. The minimum absolute atomic E-state index is 0.225. The largest absolute Gasteiger partial charge is 0.508 e. The minimum Gasteiger partial charge on any atom is -0.508 e. The monoisotopic (exact) mass is 346 g/mol. The van der Waals surface area contributed by atoms with E-state index in [0.717, 1.165) is 16.7 Å². The Balaban J connectivity index is 0.000000347. The Kier molecular flexibility index (Phi) is 9.36. The molecule has 0 aliphatic rings. The number of carbonyl (C=O) groups excluding carboxylic acids is 1. The zero-order chi connectivity index (χ0) is 19.6. The third-order valence-corrected chi connectivity index (χ3v) is 3.00. The highest BCUT2D eigenvalue weighted by atomic mass is 16.6. The number of hydrogen-bond donors (Lipinski definition) is 2. The molecule has 138 valence electrons. The Morgan fingerprint density at radius 2 is 1.28 bits per heavy atom. The molecule has 0 aromatic heterocycles. The van der Waals surface area contributed by atoms with Crippen molar-refractivity contribution in [1.29, 1.82) is 0 Å². The summed E-state index contributed by atoms with van der Waals surface area (Å²) in [6.45, 7) is 12.6. The van der Waals surface area contributed by atoms with Crippen LogP contribution in [0, 0.1) is 20.8 Å². The van der Waals surface area contributed by atoms with Gasteiger partial charge in [0.25, 0.3) is 0 Å². The molecule has 2 N–H and O–H groups in total. The van der Waals surface area contributed by atoms with E-state index < -0.39 is 0 Å². The van der Waals surface area contributed by atoms with Crippen LogP contribution >= 0.6 is 0 Å². The molecule has 0 aliphatic carbocycles. The Hall–Kier alpha value is -2.49. The molecule has 0 radical (unpaired) electrons. The van der Waals surface area contributed by atoms with Crippen molar-refractivity contribution in [2.75, 3.05) is 0 Å². The fourth-order valence-corrected chi connectivity index (χ4v) is 1.80. The maximum Gasteiger partial charge on any atom is 0.303 e. The number of carbonyl (C=O) groups is 1. The Morgan fingerprint density at radius 1 is 0.840 bits per heavy atom. The number of phenols is 2. The smallest absolute Gasteiger partial charge is 0.303 e. The predicted octanol–water partition coefficient (Wildman–Crippen LogP) is 5.06. The first-order valence-corrected chi connectivity index (χ1v) is 8.13. The fourth-order valence-electron chi connectivity index (χ4n) is 1.80. The summed E-state index contributed by atoms with van der Waals surface area (Å²) < 4.78 is 4.80. The molecule has 0 amide bonds. The molecule has 0 bridgehead atoms. The lowest BCUT2D eigenvalue weighted by atomic mass is 10.1. The third kappa shape index (κ3) is 10.8. The van der Waals surface area contributed by atoms with Crippen LogP contribution in [-0.4, -0.2) is 21.8 Å². The van der Waals surface area contributed by atoms with Crippen molar-refractivity contribution in [2.45, 2.75) is 54.1 Å². The third-order valence-electron chi connectivity index (χ3n) is 3.00. The number of phenolic OH excluding ortho intramolecular Hbond substituents is 2. The van der Waals surface area contributed by atoms with Crippen LogP contribution in [0.3, 0.4) is 0 Å². The number of para-hydroxylation sites is 2. The van der Waals surface area contributed by atoms with Gasteiger partial charge in [-0.2, -0.15) is 0 Å². The molecule has 0 spiro atoms. The normalized spacial score (nSPS) is 9.88. The molecule has 0 atom stereocenters. The van der Waals surface area contributed by atoms with Crippen molar-refractivity contribution in [2.24, 2.45) is 0 Å². The van der Waals surface area contributed by atoms with Crippen molar-refractivity contribution in [1.82, 2.24) is 0 Å². The average molecular weight is 346 g/mol. The van der Waals surface area contributed by atoms with Crippen LogP contribution in [-0.2, 0) is 9.53 Å². The van der Waals surface area contributed by atoms with Crippen LogP contribution < -0.4 is 0 Å². The van der Waals surface area contributed by atoms with E-state index in [0.29, 0.717) is 11.5 Å². The van der Waals surface area contributed by atoms with Crippen LogP contribution in [0.15, 0.2) is 42.5 Å². The van der Waals surface area contributed by atoms with Crippen LogP contribution in [0.25, 0.3) is 0 Å². The first-order valence-electron chi connectivity index (χ1n) is 8.13. The van der Waals surface area contributed by atoms with Crippen molar-refractivity contribution in [3.63, 3.8) is 0 Å². The fraction of sp³-hybridized carbons (Fsp3) is 0.381. The van der Waals surface area contributed by atoms with E-state index >= 15 is 0 Å². The van der Waals surface area contributed by atoms with E-state index in [4.69, 9.17) is 9.84 Å². The SMILES string of the molecule is CC(=O)OC(C)(C)C.Cc1cccc(C)c1O.Cc1ccccc1O. The van der Waals surface area contributed by atoms with Gasteiger partial charge in [-0.15, -0.1) is 0 Å². The van der Waals surface area contributed by atoms with Gasteiger partial charge in [0, 0.05) is 6.92 Å². The van der Waals surface area contributed by atoms with Gasteiger partial charge in [0.05, 0.1) is 0 Å². The Bertz CT molecular complexity index is 629. The van der Waals surface area contributed by atoms with E-state index in [1.165, 1.54) is 6.92 Å². The molecule has 2 rings (SSSR count). The molecule has 4 heteroatoms. The summed E-state index contributed by atoms with van der Waals surface area (Å²) in [6, 6.07) is 13.0. The number of esters is 1. The van der Waals surface area contributed by atoms with Gasteiger partial charge in [-0.05, 0) is 64.3 Å². The lowest BCUT2D eigenvalue weighted by Crippen LogP contribution is -2.21. The summed E-state index contributed by atoms with van der Waals surface area (Å²) in [5.74, 6) is 0.558. The van der Waals surface area contributed by atoms with Crippen LogP contribution in [0.2, 0.25) is 0 Å². The molecule has 2 aromatic rings. The van der Waals surface area contributed by atoms with Crippen molar-refractivity contribution in [3.8, 4) is 11.5 Å². The second kappa shape index (κ2) is 10.4. The second-order valence-electron chi connectivity index (χ2n) is 6.73. The van der Waals surface area contributed by atoms with Gasteiger partial charge in [-0.3, -0.25) is 4.79 Å². The zero-order valence-electron chi connectivity index (χ0n) is 16.3. The summed E-state index contributed by atoms with van der Waals surface area (Å²) in [5.41, 5.74) is 2.48. The average Bonchev–Trinajstić information content (AvgIpc) is 2.46. The highest BCUT2D eigenvalue weighted by molar-refractivity contribution is 5.66. The molecule has 0 saturated heterocycles. The lowest BCUT2D eigenvalue weighted by Gasteiger charge is -2.17. The molecule has 0 unspecified atom stereocenters. The van der Waals surface area contributed by atoms with Gasteiger partial charge in [0.1, 0.15) is 17.1 Å². The van der Waals surface area contributed by atoms with Crippen molar-refractivity contribution in [3.05, 3.63) is 59.2 Å². The van der Waals surface area contributed by atoms with Gasteiger partial charge in [0.15, 0.2) is 0 Å².